The van der Waals surface area contributed by atoms with E-state index in [-0.39, 0.29) is 12.6 Å². The van der Waals surface area contributed by atoms with Crippen molar-refractivity contribution in [2.75, 3.05) is 6.61 Å². The van der Waals surface area contributed by atoms with E-state index in [1.165, 1.54) is 5.56 Å². The molecule has 0 heterocycles. The largest absolute Gasteiger partial charge is 0.395 e. The Labute approximate surface area is 107 Å². The van der Waals surface area contributed by atoms with Gasteiger partial charge in [-0.05, 0) is 16.7 Å². The number of hydrogen-bond acceptors (Lipinski definition) is 3. The molecule has 0 aliphatic heterocycles. The van der Waals surface area contributed by atoms with Crippen LogP contribution in [0.15, 0.2) is 54.6 Å². The van der Waals surface area contributed by atoms with Crippen LogP contribution in [0.1, 0.15) is 11.6 Å². The molecule has 0 saturated carbocycles. The Kier molecular flexibility index (Phi) is 4.10. The second-order valence-corrected chi connectivity index (χ2v) is 4.36. The van der Waals surface area contributed by atoms with E-state index < -0.39 is 6.04 Å². The van der Waals surface area contributed by atoms with Gasteiger partial charge < -0.3 is 16.6 Å². The second kappa shape index (κ2) is 5.78. The molecule has 0 radical (unpaired) electrons. The minimum Gasteiger partial charge on any atom is -0.395 e. The highest BCUT2D eigenvalue weighted by Crippen LogP contribution is 2.21. The SMILES string of the molecule is NC(CO)C(N)c1ccc(-c2ccccc2)cc1. The van der Waals surface area contributed by atoms with Crippen molar-refractivity contribution < 1.29 is 5.11 Å². The third kappa shape index (κ3) is 2.76. The first-order chi connectivity index (χ1) is 8.72. The highest BCUT2D eigenvalue weighted by molar-refractivity contribution is 5.63. The molecule has 0 saturated heterocycles. The Balaban J connectivity index is 2.20. The predicted octanol–water partition coefficient (Wildman–Crippen LogP) is 1.67. The average molecular weight is 242 g/mol. The molecule has 3 heteroatoms. The van der Waals surface area contributed by atoms with Gasteiger partial charge in [0.05, 0.1) is 6.61 Å². The molecule has 0 aliphatic carbocycles. The maximum atomic E-state index is 8.99. The molecule has 2 atom stereocenters. The molecular weight excluding hydrogens is 224 g/mol. The summed E-state index contributed by atoms with van der Waals surface area (Å²) >= 11 is 0. The van der Waals surface area contributed by atoms with Crippen LogP contribution in [0.3, 0.4) is 0 Å². The molecule has 5 N–H and O–H groups in total. The first kappa shape index (κ1) is 12.8. The summed E-state index contributed by atoms with van der Waals surface area (Å²) in [7, 11) is 0. The minimum absolute atomic E-state index is 0.110. The highest BCUT2D eigenvalue weighted by Gasteiger charge is 2.14. The van der Waals surface area contributed by atoms with Crippen LogP contribution in [0.25, 0.3) is 11.1 Å². The van der Waals surface area contributed by atoms with Crippen LogP contribution in [-0.2, 0) is 0 Å². The van der Waals surface area contributed by atoms with E-state index in [0.29, 0.717) is 0 Å². The molecule has 18 heavy (non-hydrogen) atoms. The van der Waals surface area contributed by atoms with Crippen LogP contribution in [0.4, 0.5) is 0 Å². The van der Waals surface area contributed by atoms with Crippen molar-refractivity contribution in [3.63, 3.8) is 0 Å². The van der Waals surface area contributed by atoms with Gasteiger partial charge in [-0.15, -0.1) is 0 Å². The summed E-state index contributed by atoms with van der Waals surface area (Å²) in [6, 6.07) is 17.4. The molecule has 0 bridgehead atoms. The van der Waals surface area contributed by atoms with Gasteiger partial charge in [0, 0.05) is 12.1 Å². The van der Waals surface area contributed by atoms with Crippen LogP contribution in [0.2, 0.25) is 0 Å². The number of aliphatic hydroxyl groups excluding tert-OH is 1. The van der Waals surface area contributed by atoms with Gasteiger partial charge >= 0.3 is 0 Å². The van der Waals surface area contributed by atoms with Gasteiger partial charge in [-0.25, -0.2) is 0 Å². The Bertz CT molecular complexity index is 482. The first-order valence-corrected chi connectivity index (χ1v) is 6.00. The second-order valence-electron chi connectivity index (χ2n) is 4.36. The first-order valence-electron chi connectivity index (χ1n) is 6.00. The topological polar surface area (TPSA) is 72.3 Å². The quantitative estimate of drug-likeness (QED) is 0.763. The normalized spacial score (nSPS) is 14.2. The summed E-state index contributed by atoms with van der Waals surface area (Å²) < 4.78 is 0. The molecule has 2 aromatic rings. The Morgan fingerprint density at radius 2 is 1.39 bits per heavy atom. The van der Waals surface area contributed by atoms with Gasteiger partial charge in [-0.3, -0.25) is 0 Å². The van der Waals surface area contributed by atoms with Gasteiger partial charge in [-0.1, -0.05) is 54.6 Å². The standard InChI is InChI=1S/C15H18N2O/c16-14(10-18)15(17)13-8-6-12(7-9-13)11-4-2-1-3-5-11/h1-9,14-15,18H,10,16-17H2. The van der Waals surface area contributed by atoms with Gasteiger partial charge in [-0.2, -0.15) is 0 Å². The van der Waals surface area contributed by atoms with Crippen molar-refractivity contribution in [2.45, 2.75) is 12.1 Å². The summed E-state index contributed by atoms with van der Waals surface area (Å²) in [4.78, 5) is 0. The van der Waals surface area contributed by atoms with Crippen molar-refractivity contribution in [3.8, 4) is 11.1 Å². The lowest BCUT2D eigenvalue weighted by molar-refractivity contribution is 0.250. The van der Waals surface area contributed by atoms with Gasteiger partial charge in [0.15, 0.2) is 0 Å². The molecule has 0 amide bonds. The maximum Gasteiger partial charge on any atom is 0.0601 e. The summed E-state index contributed by atoms with van der Waals surface area (Å²) in [5.41, 5.74) is 14.9. The van der Waals surface area contributed by atoms with E-state index in [2.05, 4.69) is 12.1 Å². The number of hydrogen-bond donors (Lipinski definition) is 3. The van der Waals surface area contributed by atoms with Crippen LogP contribution in [0, 0.1) is 0 Å². The van der Waals surface area contributed by atoms with Crippen LogP contribution < -0.4 is 11.5 Å². The fraction of sp³-hybridized carbons (Fsp3) is 0.200. The average Bonchev–Trinajstić information content (AvgIpc) is 2.47. The van der Waals surface area contributed by atoms with Gasteiger partial charge in [0.1, 0.15) is 0 Å². The van der Waals surface area contributed by atoms with E-state index in [9.17, 15) is 0 Å². The molecule has 0 aromatic heterocycles. The summed E-state index contributed by atoms with van der Waals surface area (Å²) in [6.07, 6.45) is 0. The predicted molar refractivity (Wildman–Crippen MR) is 73.9 cm³/mol. The van der Waals surface area contributed by atoms with Gasteiger partial charge in [0.25, 0.3) is 0 Å². The summed E-state index contributed by atoms with van der Waals surface area (Å²) in [5.74, 6) is 0. The van der Waals surface area contributed by atoms with Crippen LogP contribution in [-0.4, -0.2) is 17.8 Å². The van der Waals surface area contributed by atoms with Crippen LogP contribution >= 0.6 is 0 Å². The summed E-state index contributed by atoms with van der Waals surface area (Å²) in [5, 5.41) is 8.99. The van der Waals surface area contributed by atoms with Crippen molar-refractivity contribution in [2.24, 2.45) is 11.5 Å². The van der Waals surface area contributed by atoms with E-state index >= 15 is 0 Å². The zero-order chi connectivity index (χ0) is 13.0. The highest BCUT2D eigenvalue weighted by atomic mass is 16.3. The van der Waals surface area contributed by atoms with Crippen molar-refractivity contribution in [1.82, 2.24) is 0 Å². The van der Waals surface area contributed by atoms with Gasteiger partial charge in [0.2, 0.25) is 0 Å². The molecule has 0 aliphatic rings. The third-order valence-corrected chi connectivity index (χ3v) is 3.07. The molecule has 2 aromatic carbocycles. The Morgan fingerprint density at radius 3 is 1.94 bits per heavy atom. The third-order valence-electron chi connectivity index (χ3n) is 3.07. The van der Waals surface area contributed by atoms with Crippen molar-refractivity contribution in [3.05, 3.63) is 60.2 Å². The van der Waals surface area contributed by atoms with E-state index in [4.69, 9.17) is 16.6 Å². The fourth-order valence-corrected chi connectivity index (χ4v) is 1.89. The number of nitrogens with two attached hydrogens (primary N) is 2. The zero-order valence-electron chi connectivity index (χ0n) is 10.2. The van der Waals surface area contributed by atoms with Crippen molar-refractivity contribution >= 4 is 0 Å². The lowest BCUT2D eigenvalue weighted by atomic mass is 9.98. The molecular formula is C15H18N2O. The van der Waals surface area contributed by atoms with E-state index in [1.807, 2.05) is 42.5 Å². The Hall–Kier alpha value is -1.68. The molecule has 2 unspecified atom stereocenters. The fourth-order valence-electron chi connectivity index (χ4n) is 1.89. The molecule has 0 spiro atoms. The maximum absolute atomic E-state index is 8.99. The smallest absolute Gasteiger partial charge is 0.0601 e. The van der Waals surface area contributed by atoms with E-state index in [1.54, 1.807) is 0 Å². The monoisotopic (exact) mass is 242 g/mol. The summed E-state index contributed by atoms with van der Waals surface area (Å²) in [6.45, 7) is -0.110. The molecule has 0 fully saturated rings. The van der Waals surface area contributed by atoms with E-state index in [0.717, 1.165) is 11.1 Å². The number of rotatable bonds is 4. The molecule has 2 rings (SSSR count). The minimum atomic E-state index is -0.424. The lowest BCUT2D eigenvalue weighted by Crippen LogP contribution is -2.37. The van der Waals surface area contributed by atoms with Crippen molar-refractivity contribution in [1.29, 1.82) is 0 Å². The Morgan fingerprint density at radius 1 is 0.833 bits per heavy atom. The number of benzene rings is 2. The zero-order valence-corrected chi connectivity index (χ0v) is 10.2. The molecule has 3 nitrogen and oxygen atoms in total. The lowest BCUT2D eigenvalue weighted by Gasteiger charge is -2.18. The number of aliphatic hydroxyl groups is 1. The van der Waals surface area contributed by atoms with Crippen LogP contribution in [0.5, 0.6) is 0 Å². The molecule has 94 valence electrons.